The number of morpholine rings is 1. The molecule has 1 atom stereocenters. The van der Waals surface area contributed by atoms with Gasteiger partial charge in [-0.05, 0) is 0 Å². The number of aliphatic carboxylic acids is 1. The van der Waals surface area contributed by atoms with Crippen LogP contribution in [0, 0.1) is 0 Å². The van der Waals surface area contributed by atoms with Crippen LogP contribution in [0.2, 0.25) is 0 Å². The number of hydrogen-bond donors (Lipinski definition) is 1. The van der Waals surface area contributed by atoms with Gasteiger partial charge in [-0.25, -0.2) is 0 Å². The Kier molecular flexibility index (Phi) is 4.11. The number of halogens is 2. The highest BCUT2D eigenvalue weighted by Gasteiger charge is 2.39. The first-order valence-corrected chi connectivity index (χ1v) is 5.98. The number of benzene rings is 1. The number of rotatable bonds is 4. The summed E-state index contributed by atoms with van der Waals surface area (Å²) in [5.74, 6) is -4.21. The average Bonchev–Trinajstić information content (AvgIpc) is 2.39. The van der Waals surface area contributed by atoms with Gasteiger partial charge in [0.15, 0.2) is 0 Å². The Morgan fingerprint density at radius 2 is 2.11 bits per heavy atom. The topological polar surface area (TPSA) is 49.8 Å². The number of ether oxygens (including phenoxy) is 1. The van der Waals surface area contributed by atoms with E-state index in [-0.39, 0.29) is 25.3 Å². The van der Waals surface area contributed by atoms with E-state index in [0.717, 1.165) is 0 Å². The van der Waals surface area contributed by atoms with Crippen molar-refractivity contribution >= 4 is 5.97 Å². The van der Waals surface area contributed by atoms with Crippen LogP contribution in [0.5, 0.6) is 0 Å². The van der Waals surface area contributed by atoms with E-state index in [1.54, 1.807) is 6.07 Å². The van der Waals surface area contributed by atoms with Gasteiger partial charge in [0, 0.05) is 12.1 Å². The number of carbonyl (C=O) groups is 1. The molecule has 1 aromatic carbocycles. The number of hydrogen-bond acceptors (Lipinski definition) is 3. The van der Waals surface area contributed by atoms with Gasteiger partial charge >= 0.3 is 5.97 Å². The molecule has 0 bridgehead atoms. The van der Waals surface area contributed by atoms with Crippen molar-refractivity contribution in [3.8, 4) is 0 Å². The van der Waals surface area contributed by atoms with Crippen LogP contribution >= 0.6 is 0 Å². The van der Waals surface area contributed by atoms with E-state index >= 15 is 0 Å². The quantitative estimate of drug-likeness (QED) is 0.903. The zero-order chi connectivity index (χ0) is 13.9. The van der Waals surface area contributed by atoms with Crippen LogP contribution in [0.15, 0.2) is 30.3 Å². The summed E-state index contributed by atoms with van der Waals surface area (Å²) in [6.07, 6.45) is 0. The minimum Gasteiger partial charge on any atom is -0.480 e. The van der Waals surface area contributed by atoms with Crippen LogP contribution < -0.4 is 0 Å². The van der Waals surface area contributed by atoms with E-state index in [1.165, 1.54) is 29.2 Å². The molecule has 1 heterocycles. The highest BCUT2D eigenvalue weighted by molar-refractivity contribution is 5.73. The molecular weight excluding hydrogens is 256 g/mol. The largest absolute Gasteiger partial charge is 0.480 e. The molecule has 6 heteroatoms. The third kappa shape index (κ3) is 3.27. The third-order valence-electron chi connectivity index (χ3n) is 3.12. The van der Waals surface area contributed by atoms with Crippen molar-refractivity contribution in [2.24, 2.45) is 0 Å². The molecule has 0 amide bonds. The predicted molar refractivity (Wildman–Crippen MR) is 64.2 cm³/mol. The molecule has 0 aliphatic carbocycles. The Balaban J connectivity index is 2.12. The first-order chi connectivity index (χ1) is 9.00. The molecule has 1 aromatic rings. The standard InChI is InChI=1S/C13H15F2NO3/c14-13(15,10-4-2-1-3-5-10)9-16-6-7-19-8-11(16)12(17)18/h1-5,11H,6-9H2,(H,17,18). The fourth-order valence-corrected chi connectivity index (χ4v) is 2.08. The summed E-state index contributed by atoms with van der Waals surface area (Å²) in [5.41, 5.74) is -0.106. The Bertz CT molecular complexity index is 439. The minimum absolute atomic E-state index is 0.0554. The molecule has 1 aliphatic heterocycles. The molecule has 0 spiro atoms. The molecule has 104 valence electrons. The molecule has 1 aliphatic rings. The molecule has 4 nitrogen and oxygen atoms in total. The Morgan fingerprint density at radius 3 is 2.74 bits per heavy atom. The van der Waals surface area contributed by atoms with Gasteiger partial charge in [-0.3, -0.25) is 9.69 Å². The molecule has 2 rings (SSSR count). The van der Waals surface area contributed by atoms with Gasteiger partial charge in [0.05, 0.1) is 19.8 Å². The van der Waals surface area contributed by atoms with E-state index in [1.807, 2.05) is 0 Å². The predicted octanol–water partition coefficient (Wildman–Crippen LogP) is 1.56. The number of nitrogens with zero attached hydrogens (tertiary/aromatic N) is 1. The van der Waals surface area contributed by atoms with Gasteiger partial charge < -0.3 is 9.84 Å². The molecule has 0 aromatic heterocycles. The third-order valence-corrected chi connectivity index (χ3v) is 3.12. The average molecular weight is 271 g/mol. The first kappa shape index (κ1) is 13.9. The van der Waals surface area contributed by atoms with Crippen LogP contribution in [0.1, 0.15) is 5.56 Å². The fraction of sp³-hybridized carbons (Fsp3) is 0.462. The molecule has 0 saturated carbocycles. The summed E-state index contributed by atoms with van der Waals surface area (Å²) in [5, 5.41) is 9.01. The second kappa shape index (κ2) is 5.63. The van der Waals surface area contributed by atoms with Gasteiger partial charge in [0.25, 0.3) is 5.92 Å². The van der Waals surface area contributed by atoms with Crippen LogP contribution in [0.3, 0.4) is 0 Å². The lowest BCUT2D eigenvalue weighted by Crippen LogP contribution is -2.53. The number of carboxylic acids is 1. The van der Waals surface area contributed by atoms with E-state index in [4.69, 9.17) is 9.84 Å². The maximum atomic E-state index is 14.1. The van der Waals surface area contributed by atoms with Gasteiger partial charge in [-0.15, -0.1) is 0 Å². The lowest BCUT2D eigenvalue weighted by Gasteiger charge is -2.35. The summed E-state index contributed by atoms with van der Waals surface area (Å²) < 4.78 is 33.2. The van der Waals surface area contributed by atoms with Crippen molar-refractivity contribution in [1.29, 1.82) is 0 Å². The maximum Gasteiger partial charge on any atom is 0.323 e. The van der Waals surface area contributed by atoms with E-state index in [0.29, 0.717) is 0 Å². The lowest BCUT2D eigenvalue weighted by molar-refractivity contribution is -0.154. The van der Waals surface area contributed by atoms with Crippen LogP contribution in [0.4, 0.5) is 8.78 Å². The van der Waals surface area contributed by atoms with E-state index < -0.39 is 24.5 Å². The van der Waals surface area contributed by atoms with Gasteiger partial charge in [-0.1, -0.05) is 30.3 Å². The summed E-state index contributed by atoms with van der Waals surface area (Å²) in [4.78, 5) is 12.3. The van der Waals surface area contributed by atoms with Crippen molar-refractivity contribution in [3.63, 3.8) is 0 Å². The molecule has 0 radical (unpaired) electrons. The normalized spacial score (nSPS) is 21.3. The van der Waals surface area contributed by atoms with Crippen LogP contribution in [0.25, 0.3) is 0 Å². The maximum absolute atomic E-state index is 14.1. The Labute approximate surface area is 109 Å². The molecule has 19 heavy (non-hydrogen) atoms. The van der Waals surface area contributed by atoms with Crippen molar-refractivity contribution in [1.82, 2.24) is 4.90 Å². The number of alkyl halides is 2. The Morgan fingerprint density at radius 1 is 1.42 bits per heavy atom. The Hall–Kier alpha value is -1.53. The molecule has 1 unspecified atom stereocenters. The zero-order valence-electron chi connectivity index (χ0n) is 10.3. The monoisotopic (exact) mass is 271 g/mol. The first-order valence-electron chi connectivity index (χ1n) is 5.98. The van der Waals surface area contributed by atoms with Gasteiger partial charge in [0.2, 0.25) is 0 Å². The molecule has 1 saturated heterocycles. The summed E-state index contributed by atoms with van der Waals surface area (Å²) >= 11 is 0. The molecule has 1 N–H and O–H groups in total. The van der Waals surface area contributed by atoms with Gasteiger partial charge in [-0.2, -0.15) is 8.78 Å². The second-order valence-electron chi connectivity index (χ2n) is 4.47. The summed E-state index contributed by atoms with van der Waals surface area (Å²) in [7, 11) is 0. The highest BCUT2D eigenvalue weighted by Crippen LogP contribution is 2.29. The number of carboxylic acid groups (broad SMARTS) is 1. The van der Waals surface area contributed by atoms with E-state index in [2.05, 4.69) is 0 Å². The van der Waals surface area contributed by atoms with Crippen molar-refractivity contribution in [2.45, 2.75) is 12.0 Å². The minimum atomic E-state index is -3.08. The lowest BCUT2D eigenvalue weighted by atomic mass is 10.1. The van der Waals surface area contributed by atoms with Crippen LogP contribution in [-0.4, -0.2) is 48.3 Å². The van der Waals surface area contributed by atoms with Crippen molar-refractivity contribution < 1.29 is 23.4 Å². The van der Waals surface area contributed by atoms with E-state index in [9.17, 15) is 13.6 Å². The second-order valence-corrected chi connectivity index (χ2v) is 4.47. The molecular formula is C13H15F2NO3. The SMILES string of the molecule is O=C(O)C1COCCN1CC(F)(F)c1ccccc1. The highest BCUT2D eigenvalue weighted by atomic mass is 19.3. The zero-order valence-corrected chi connectivity index (χ0v) is 10.3. The molecule has 1 fully saturated rings. The van der Waals surface area contributed by atoms with Crippen molar-refractivity contribution in [2.75, 3.05) is 26.3 Å². The van der Waals surface area contributed by atoms with Gasteiger partial charge in [0.1, 0.15) is 6.04 Å². The smallest absolute Gasteiger partial charge is 0.323 e. The van der Waals surface area contributed by atoms with Crippen molar-refractivity contribution in [3.05, 3.63) is 35.9 Å². The fourth-order valence-electron chi connectivity index (χ4n) is 2.08. The summed E-state index contributed by atoms with van der Waals surface area (Å²) in [6.45, 7) is -0.203. The summed E-state index contributed by atoms with van der Waals surface area (Å²) in [6, 6.07) is 6.42. The van der Waals surface area contributed by atoms with Crippen LogP contribution in [-0.2, 0) is 15.5 Å².